The van der Waals surface area contributed by atoms with Crippen molar-refractivity contribution in [2.75, 3.05) is 18.4 Å². The molecule has 26 heavy (non-hydrogen) atoms. The summed E-state index contributed by atoms with van der Waals surface area (Å²) in [6.07, 6.45) is 7.48. The number of fused-ring (bicyclic) bond motifs is 1. The van der Waals surface area contributed by atoms with E-state index in [2.05, 4.69) is 47.2 Å². The third-order valence-electron chi connectivity index (χ3n) is 4.10. The van der Waals surface area contributed by atoms with E-state index in [1.54, 1.807) is 0 Å². The summed E-state index contributed by atoms with van der Waals surface area (Å²) in [5.41, 5.74) is 2.89. The average Bonchev–Trinajstić information content (AvgIpc) is 2.58. The quantitative estimate of drug-likeness (QED) is 0.606. The van der Waals surface area contributed by atoms with Gasteiger partial charge in [0.1, 0.15) is 5.60 Å². The van der Waals surface area contributed by atoms with Gasteiger partial charge in [-0.3, -0.25) is 0 Å². The summed E-state index contributed by atoms with van der Waals surface area (Å²) in [6.45, 7) is 10.4. The first-order valence-corrected chi connectivity index (χ1v) is 9.62. The summed E-state index contributed by atoms with van der Waals surface area (Å²) in [5, 5.41) is 9.83. The number of carbonyl (C=O) groups excluding carboxylic acids is 1. The van der Waals surface area contributed by atoms with E-state index >= 15 is 0 Å². The topological polar surface area (TPSA) is 62.4 Å². The van der Waals surface area contributed by atoms with E-state index in [0.29, 0.717) is 12.6 Å². The largest absolute Gasteiger partial charge is 0.444 e. The summed E-state index contributed by atoms with van der Waals surface area (Å²) in [4.78, 5) is 11.8. The SMILES string of the molecule is CCCNCCCC1C=Cc2cc(CNC(=O)OC(C)(C)C)ccc2N1. The van der Waals surface area contributed by atoms with E-state index in [1.807, 2.05) is 26.8 Å². The van der Waals surface area contributed by atoms with Crippen molar-refractivity contribution >= 4 is 17.9 Å². The van der Waals surface area contributed by atoms with Gasteiger partial charge in [0.15, 0.2) is 0 Å². The highest BCUT2D eigenvalue weighted by molar-refractivity contribution is 5.72. The van der Waals surface area contributed by atoms with Gasteiger partial charge in [-0.25, -0.2) is 4.79 Å². The Balaban J connectivity index is 1.81. The van der Waals surface area contributed by atoms with Crippen LogP contribution in [0, 0.1) is 0 Å². The van der Waals surface area contributed by atoms with Gasteiger partial charge in [0.25, 0.3) is 0 Å². The molecule has 1 heterocycles. The lowest BCUT2D eigenvalue weighted by Gasteiger charge is -2.23. The molecule has 1 amide bonds. The summed E-state index contributed by atoms with van der Waals surface area (Å²) >= 11 is 0. The maximum absolute atomic E-state index is 11.8. The van der Waals surface area contributed by atoms with E-state index in [1.165, 1.54) is 6.42 Å². The van der Waals surface area contributed by atoms with Crippen molar-refractivity contribution < 1.29 is 9.53 Å². The highest BCUT2D eigenvalue weighted by Gasteiger charge is 2.16. The lowest BCUT2D eigenvalue weighted by Crippen LogP contribution is -2.32. The highest BCUT2D eigenvalue weighted by Crippen LogP contribution is 2.25. The van der Waals surface area contributed by atoms with Crippen molar-refractivity contribution in [3.63, 3.8) is 0 Å². The van der Waals surface area contributed by atoms with Crippen LogP contribution in [0.5, 0.6) is 0 Å². The lowest BCUT2D eigenvalue weighted by molar-refractivity contribution is 0.0523. The van der Waals surface area contributed by atoms with Crippen LogP contribution in [0.3, 0.4) is 0 Å². The van der Waals surface area contributed by atoms with Crippen molar-refractivity contribution in [1.29, 1.82) is 0 Å². The zero-order valence-corrected chi connectivity index (χ0v) is 16.5. The second kappa shape index (κ2) is 9.62. The van der Waals surface area contributed by atoms with Crippen LogP contribution in [0.15, 0.2) is 24.3 Å². The molecule has 0 bridgehead atoms. The lowest BCUT2D eigenvalue weighted by atomic mass is 10.0. The number of amides is 1. The van der Waals surface area contributed by atoms with E-state index < -0.39 is 5.60 Å². The Morgan fingerprint density at radius 3 is 2.81 bits per heavy atom. The number of ether oxygens (including phenoxy) is 1. The molecule has 0 aliphatic carbocycles. The van der Waals surface area contributed by atoms with Crippen LogP contribution in [0.4, 0.5) is 10.5 Å². The Labute approximate surface area is 157 Å². The molecule has 0 fully saturated rings. The summed E-state index contributed by atoms with van der Waals surface area (Å²) in [6, 6.07) is 6.63. The van der Waals surface area contributed by atoms with Gasteiger partial charge in [0.2, 0.25) is 0 Å². The minimum absolute atomic E-state index is 0.386. The molecule has 144 valence electrons. The van der Waals surface area contributed by atoms with Crippen LogP contribution >= 0.6 is 0 Å². The molecule has 1 aromatic carbocycles. The fraction of sp³-hybridized carbons (Fsp3) is 0.571. The molecule has 0 saturated heterocycles. The fourth-order valence-corrected chi connectivity index (χ4v) is 2.86. The number of alkyl carbamates (subject to hydrolysis) is 1. The van der Waals surface area contributed by atoms with Gasteiger partial charge in [-0.2, -0.15) is 0 Å². The molecule has 1 aliphatic rings. The van der Waals surface area contributed by atoms with Gasteiger partial charge in [-0.15, -0.1) is 0 Å². The van der Waals surface area contributed by atoms with Gasteiger partial charge < -0.3 is 20.7 Å². The number of nitrogens with one attached hydrogen (secondary N) is 3. The Morgan fingerprint density at radius 2 is 2.08 bits per heavy atom. The molecule has 5 nitrogen and oxygen atoms in total. The number of rotatable bonds is 8. The molecular weight excluding hydrogens is 326 g/mol. The molecular formula is C21H33N3O2. The molecule has 1 aliphatic heterocycles. The van der Waals surface area contributed by atoms with Crippen molar-refractivity contribution in [3.8, 4) is 0 Å². The average molecular weight is 360 g/mol. The zero-order valence-electron chi connectivity index (χ0n) is 16.5. The molecule has 5 heteroatoms. The third kappa shape index (κ3) is 7.08. The molecule has 0 aromatic heterocycles. The summed E-state index contributed by atoms with van der Waals surface area (Å²) < 4.78 is 5.27. The third-order valence-corrected chi connectivity index (χ3v) is 4.10. The molecule has 3 N–H and O–H groups in total. The van der Waals surface area contributed by atoms with Crippen LogP contribution in [-0.2, 0) is 11.3 Å². The van der Waals surface area contributed by atoms with Crippen molar-refractivity contribution in [2.45, 2.75) is 65.1 Å². The Hall–Kier alpha value is -2.01. The molecule has 1 atom stereocenters. The van der Waals surface area contributed by atoms with Crippen LogP contribution in [0.2, 0.25) is 0 Å². The zero-order chi connectivity index (χ0) is 19.0. The predicted molar refractivity (Wildman–Crippen MR) is 108 cm³/mol. The smallest absolute Gasteiger partial charge is 0.407 e. The Bertz CT molecular complexity index is 620. The fourth-order valence-electron chi connectivity index (χ4n) is 2.86. The number of hydrogen-bond acceptors (Lipinski definition) is 4. The minimum Gasteiger partial charge on any atom is -0.444 e. The monoisotopic (exact) mass is 359 g/mol. The molecule has 0 saturated carbocycles. The number of hydrogen-bond donors (Lipinski definition) is 3. The molecule has 2 rings (SSSR count). The normalized spacial score (nSPS) is 15.9. The van der Waals surface area contributed by atoms with Gasteiger partial charge >= 0.3 is 6.09 Å². The molecule has 1 unspecified atom stereocenters. The minimum atomic E-state index is -0.479. The second-order valence-electron chi connectivity index (χ2n) is 7.78. The van der Waals surface area contributed by atoms with Crippen LogP contribution in [-0.4, -0.2) is 30.8 Å². The van der Waals surface area contributed by atoms with Gasteiger partial charge in [-0.1, -0.05) is 25.1 Å². The number of anilines is 1. The standard InChI is InChI=1S/C21H33N3O2/c1-5-12-22-13-6-7-18-10-9-17-14-16(8-11-19(17)24-18)15-23-20(25)26-21(2,3)4/h8-11,14,18,22,24H,5-7,12-13,15H2,1-4H3,(H,23,25). The van der Waals surface area contributed by atoms with Gasteiger partial charge in [0, 0.05) is 18.3 Å². The Morgan fingerprint density at radius 1 is 1.27 bits per heavy atom. The molecule has 1 aromatic rings. The second-order valence-corrected chi connectivity index (χ2v) is 7.78. The maximum atomic E-state index is 11.8. The van der Waals surface area contributed by atoms with Crippen LogP contribution in [0.25, 0.3) is 6.08 Å². The first-order valence-electron chi connectivity index (χ1n) is 9.62. The van der Waals surface area contributed by atoms with Crippen molar-refractivity contribution in [1.82, 2.24) is 10.6 Å². The molecule has 0 spiro atoms. The summed E-state index contributed by atoms with van der Waals surface area (Å²) in [7, 11) is 0. The first-order chi connectivity index (χ1) is 12.4. The highest BCUT2D eigenvalue weighted by atomic mass is 16.6. The number of carbonyl (C=O) groups is 1. The predicted octanol–water partition coefficient (Wildman–Crippen LogP) is 4.30. The maximum Gasteiger partial charge on any atom is 0.407 e. The van der Waals surface area contributed by atoms with Crippen molar-refractivity contribution in [2.24, 2.45) is 0 Å². The van der Waals surface area contributed by atoms with E-state index in [0.717, 1.165) is 42.7 Å². The van der Waals surface area contributed by atoms with Gasteiger partial charge in [0.05, 0.1) is 0 Å². The van der Waals surface area contributed by atoms with E-state index in [9.17, 15) is 4.79 Å². The van der Waals surface area contributed by atoms with Crippen LogP contribution in [0.1, 0.15) is 58.1 Å². The number of benzene rings is 1. The molecule has 0 radical (unpaired) electrons. The van der Waals surface area contributed by atoms with Crippen LogP contribution < -0.4 is 16.0 Å². The van der Waals surface area contributed by atoms with E-state index in [-0.39, 0.29) is 6.09 Å². The van der Waals surface area contributed by atoms with E-state index in [4.69, 9.17) is 4.74 Å². The first kappa shape index (κ1) is 20.3. The Kier molecular flexibility index (Phi) is 7.51. The van der Waals surface area contributed by atoms with Gasteiger partial charge in [-0.05, 0) is 76.4 Å². The van der Waals surface area contributed by atoms with Crippen molar-refractivity contribution in [3.05, 3.63) is 35.4 Å². The summed E-state index contributed by atoms with van der Waals surface area (Å²) in [5.74, 6) is 0.